The molecule has 0 radical (unpaired) electrons. The van der Waals surface area contributed by atoms with Crippen molar-refractivity contribution in [3.05, 3.63) is 84.6 Å². The van der Waals surface area contributed by atoms with E-state index in [-0.39, 0.29) is 0 Å². The van der Waals surface area contributed by atoms with Gasteiger partial charge in [-0.3, -0.25) is 4.98 Å². The highest BCUT2D eigenvalue weighted by molar-refractivity contribution is 6.23. The third kappa shape index (κ3) is 2.18. The lowest BCUT2D eigenvalue weighted by molar-refractivity contribution is 1.30. The number of hydrogen-bond donors (Lipinski definition) is 0. The van der Waals surface area contributed by atoms with Gasteiger partial charge in [0.2, 0.25) is 0 Å². The number of hydrogen-bond acceptors (Lipinski definition) is 2. The second-order valence-corrected chi connectivity index (χ2v) is 6.41. The standard InChI is InChI=1S/C23H16N2/c1-15-10-12-16(13-11-15)21-14-24-22-19-8-4-2-6-17(19)18-7-3-5-9-20(18)23(22)25-21/h2-14H,1H3. The van der Waals surface area contributed by atoms with Gasteiger partial charge in [-0.15, -0.1) is 0 Å². The molecule has 0 fully saturated rings. The number of rotatable bonds is 1. The summed E-state index contributed by atoms with van der Waals surface area (Å²) in [7, 11) is 0. The molecule has 118 valence electrons. The van der Waals surface area contributed by atoms with Crippen molar-refractivity contribution in [1.82, 2.24) is 9.97 Å². The van der Waals surface area contributed by atoms with Gasteiger partial charge < -0.3 is 0 Å². The van der Waals surface area contributed by atoms with Crippen molar-refractivity contribution >= 4 is 32.6 Å². The molecule has 0 bridgehead atoms. The third-order valence-corrected chi connectivity index (χ3v) is 4.77. The summed E-state index contributed by atoms with van der Waals surface area (Å²) in [5, 5.41) is 4.75. The summed E-state index contributed by atoms with van der Waals surface area (Å²) in [6.07, 6.45) is 1.88. The van der Waals surface area contributed by atoms with Gasteiger partial charge in [0.05, 0.1) is 22.9 Å². The Kier molecular flexibility index (Phi) is 3.04. The SMILES string of the molecule is Cc1ccc(-c2cnc3c4ccccc4c4ccccc4c3n2)cc1. The zero-order valence-electron chi connectivity index (χ0n) is 13.9. The molecule has 2 nitrogen and oxygen atoms in total. The number of benzene rings is 4. The van der Waals surface area contributed by atoms with Crippen LogP contribution in [0.25, 0.3) is 43.8 Å². The average Bonchev–Trinajstić information content (AvgIpc) is 2.68. The van der Waals surface area contributed by atoms with Gasteiger partial charge in [0.25, 0.3) is 0 Å². The molecule has 0 saturated heterocycles. The molecule has 0 saturated carbocycles. The number of aromatic nitrogens is 2. The molecule has 1 heterocycles. The van der Waals surface area contributed by atoms with Crippen LogP contribution in [0, 0.1) is 6.92 Å². The Morgan fingerprint density at radius 3 is 1.80 bits per heavy atom. The monoisotopic (exact) mass is 320 g/mol. The molecule has 25 heavy (non-hydrogen) atoms. The molecule has 0 aliphatic rings. The topological polar surface area (TPSA) is 25.8 Å². The van der Waals surface area contributed by atoms with E-state index >= 15 is 0 Å². The maximum atomic E-state index is 4.99. The van der Waals surface area contributed by atoms with Crippen molar-refractivity contribution < 1.29 is 0 Å². The van der Waals surface area contributed by atoms with Gasteiger partial charge in [0.1, 0.15) is 0 Å². The smallest absolute Gasteiger partial charge is 0.0979 e. The lowest BCUT2D eigenvalue weighted by Gasteiger charge is -2.10. The molecule has 0 amide bonds. The summed E-state index contributed by atoms with van der Waals surface area (Å²) in [4.78, 5) is 9.79. The Hall–Kier alpha value is -3.26. The van der Waals surface area contributed by atoms with Gasteiger partial charge in [-0.1, -0.05) is 78.4 Å². The van der Waals surface area contributed by atoms with E-state index in [1.807, 2.05) is 6.20 Å². The lowest BCUT2D eigenvalue weighted by Crippen LogP contribution is -1.92. The minimum atomic E-state index is 0.910. The Morgan fingerprint density at radius 1 is 0.600 bits per heavy atom. The lowest BCUT2D eigenvalue weighted by atomic mass is 9.99. The van der Waals surface area contributed by atoms with Crippen molar-refractivity contribution in [2.45, 2.75) is 6.92 Å². The Labute approximate surface area is 145 Å². The third-order valence-electron chi connectivity index (χ3n) is 4.77. The van der Waals surface area contributed by atoms with Crippen LogP contribution in [-0.2, 0) is 0 Å². The maximum absolute atomic E-state index is 4.99. The van der Waals surface area contributed by atoms with Gasteiger partial charge >= 0.3 is 0 Å². The minimum absolute atomic E-state index is 0.910. The fourth-order valence-corrected chi connectivity index (χ4v) is 3.49. The van der Waals surface area contributed by atoms with Crippen molar-refractivity contribution in [3.8, 4) is 11.3 Å². The van der Waals surface area contributed by atoms with Gasteiger partial charge in [0, 0.05) is 16.3 Å². The number of nitrogens with zero attached hydrogens (tertiary/aromatic N) is 2. The van der Waals surface area contributed by atoms with E-state index in [0.29, 0.717) is 0 Å². The second kappa shape index (κ2) is 5.38. The second-order valence-electron chi connectivity index (χ2n) is 6.41. The quantitative estimate of drug-likeness (QED) is 0.359. The van der Waals surface area contributed by atoms with Crippen LogP contribution in [0.4, 0.5) is 0 Å². The highest BCUT2D eigenvalue weighted by Gasteiger charge is 2.11. The molecule has 0 N–H and O–H groups in total. The van der Waals surface area contributed by atoms with Gasteiger partial charge in [-0.25, -0.2) is 4.98 Å². The molecule has 5 aromatic rings. The van der Waals surface area contributed by atoms with Gasteiger partial charge in [-0.2, -0.15) is 0 Å². The van der Waals surface area contributed by atoms with E-state index < -0.39 is 0 Å². The molecule has 4 aromatic carbocycles. The highest BCUT2D eigenvalue weighted by Crippen LogP contribution is 2.33. The summed E-state index contributed by atoms with van der Waals surface area (Å²) >= 11 is 0. The average molecular weight is 320 g/mol. The zero-order chi connectivity index (χ0) is 16.8. The van der Waals surface area contributed by atoms with Crippen molar-refractivity contribution in [1.29, 1.82) is 0 Å². The van der Waals surface area contributed by atoms with Gasteiger partial charge in [-0.05, 0) is 17.7 Å². The Bertz CT molecular complexity index is 1200. The summed E-state index contributed by atoms with van der Waals surface area (Å²) in [6, 6.07) is 25.3. The van der Waals surface area contributed by atoms with E-state index in [1.54, 1.807) is 0 Å². The van der Waals surface area contributed by atoms with Crippen molar-refractivity contribution in [3.63, 3.8) is 0 Å². The van der Waals surface area contributed by atoms with E-state index in [9.17, 15) is 0 Å². The molecule has 0 aliphatic carbocycles. The zero-order valence-corrected chi connectivity index (χ0v) is 13.9. The van der Waals surface area contributed by atoms with Crippen molar-refractivity contribution in [2.24, 2.45) is 0 Å². The molecule has 5 rings (SSSR count). The van der Waals surface area contributed by atoms with Crippen molar-refractivity contribution in [2.75, 3.05) is 0 Å². The first-order valence-corrected chi connectivity index (χ1v) is 8.44. The summed E-state index contributed by atoms with van der Waals surface area (Å²) in [5.74, 6) is 0. The molecule has 0 spiro atoms. The predicted molar refractivity (Wildman–Crippen MR) is 105 cm³/mol. The molecule has 0 unspecified atom stereocenters. The fraction of sp³-hybridized carbons (Fsp3) is 0.0435. The van der Waals surface area contributed by atoms with Crippen LogP contribution in [0.1, 0.15) is 5.56 Å². The van der Waals surface area contributed by atoms with Crippen LogP contribution in [0.3, 0.4) is 0 Å². The molecule has 0 atom stereocenters. The fourth-order valence-electron chi connectivity index (χ4n) is 3.49. The van der Waals surface area contributed by atoms with E-state index in [2.05, 4.69) is 79.7 Å². The number of aryl methyl sites for hydroxylation is 1. The number of fused-ring (bicyclic) bond motifs is 6. The van der Waals surface area contributed by atoms with Crippen LogP contribution in [-0.4, -0.2) is 9.97 Å². The largest absolute Gasteiger partial charge is 0.252 e. The molecular weight excluding hydrogens is 304 g/mol. The molecule has 1 aromatic heterocycles. The Morgan fingerprint density at radius 2 is 1.16 bits per heavy atom. The van der Waals surface area contributed by atoms with Crippen LogP contribution < -0.4 is 0 Å². The first kappa shape index (κ1) is 14.1. The van der Waals surface area contributed by atoms with Crippen LogP contribution in [0.2, 0.25) is 0 Å². The van der Waals surface area contributed by atoms with Crippen LogP contribution in [0.5, 0.6) is 0 Å². The first-order valence-electron chi connectivity index (χ1n) is 8.44. The highest BCUT2D eigenvalue weighted by atomic mass is 14.8. The summed E-state index contributed by atoms with van der Waals surface area (Å²) in [5.41, 5.74) is 5.18. The van der Waals surface area contributed by atoms with E-state index in [0.717, 1.165) is 33.1 Å². The molecule has 0 aliphatic heterocycles. The van der Waals surface area contributed by atoms with Crippen LogP contribution >= 0.6 is 0 Å². The van der Waals surface area contributed by atoms with E-state index in [4.69, 9.17) is 9.97 Å². The van der Waals surface area contributed by atoms with Gasteiger partial charge in [0.15, 0.2) is 0 Å². The normalized spacial score (nSPS) is 11.4. The minimum Gasteiger partial charge on any atom is -0.252 e. The first-order chi connectivity index (χ1) is 12.3. The van der Waals surface area contributed by atoms with Crippen LogP contribution in [0.15, 0.2) is 79.0 Å². The molecule has 2 heteroatoms. The predicted octanol–water partition coefficient (Wildman–Crippen LogP) is 5.91. The summed E-state index contributed by atoms with van der Waals surface area (Å²) in [6.45, 7) is 2.09. The van der Waals surface area contributed by atoms with E-state index in [1.165, 1.54) is 16.3 Å². The Balaban J connectivity index is 1.91. The molecular formula is C23H16N2. The maximum Gasteiger partial charge on any atom is 0.0979 e. The summed E-state index contributed by atoms with van der Waals surface area (Å²) < 4.78 is 0.